The van der Waals surface area contributed by atoms with E-state index in [0.29, 0.717) is 17.7 Å². The smallest absolute Gasteiger partial charge is 0.297 e. The van der Waals surface area contributed by atoms with Gasteiger partial charge in [0.2, 0.25) is 34.4 Å². The molecule has 9 aromatic carbocycles. The third-order valence-corrected chi connectivity index (χ3v) is 19.1. The summed E-state index contributed by atoms with van der Waals surface area (Å²) in [5.41, 5.74) is -2.71. The van der Waals surface area contributed by atoms with E-state index in [9.17, 15) is 88.0 Å². The summed E-state index contributed by atoms with van der Waals surface area (Å²) in [6.45, 7) is -0.128. The van der Waals surface area contributed by atoms with Gasteiger partial charge in [-0.2, -0.15) is 85.5 Å². The predicted octanol–water partition coefficient (Wildman–Crippen LogP) is 10.5. The number of halogens is 2. The number of fused-ring (bicyclic) bond motifs is 4. The maximum Gasteiger partial charge on any atom is 0.297 e. The highest BCUT2D eigenvalue weighted by molar-refractivity contribution is 7.87. The van der Waals surface area contributed by atoms with Gasteiger partial charge in [-0.25, -0.2) is 0 Å². The van der Waals surface area contributed by atoms with Crippen LogP contribution in [0, 0.1) is 0 Å². The van der Waals surface area contributed by atoms with E-state index in [0.717, 1.165) is 65.4 Å². The molecule has 34 nitrogen and oxygen atoms in total. The van der Waals surface area contributed by atoms with Crippen LogP contribution in [0.3, 0.4) is 0 Å². The van der Waals surface area contributed by atoms with Crippen LogP contribution < -0.4 is 21.3 Å². The minimum atomic E-state index is -5.51. The van der Waals surface area contributed by atoms with Crippen LogP contribution in [0.15, 0.2) is 183 Å². The van der Waals surface area contributed by atoms with Gasteiger partial charge < -0.3 is 31.5 Å². The molecule has 2 heterocycles. The zero-order chi connectivity index (χ0) is 68.5. The van der Waals surface area contributed by atoms with Crippen molar-refractivity contribution in [1.82, 2.24) is 29.9 Å². The van der Waals surface area contributed by atoms with Gasteiger partial charge in [0.25, 0.3) is 60.7 Å². The second-order valence-electron chi connectivity index (χ2n) is 19.8. The van der Waals surface area contributed by atoms with E-state index in [1.807, 2.05) is 12.1 Å². The average Bonchev–Trinajstić information content (AvgIpc) is 0.753. The molecular formula is C53H36Cl2N14O20S6. The van der Waals surface area contributed by atoms with E-state index in [1.54, 1.807) is 54.6 Å². The monoisotopic (exact) mass is 1450 g/mol. The molecule has 11 rings (SSSR count). The van der Waals surface area contributed by atoms with Crippen molar-refractivity contribution in [1.29, 1.82) is 0 Å². The topological polar surface area (TPSA) is 542 Å². The van der Waals surface area contributed by atoms with Crippen molar-refractivity contribution >= 4 is 191 Å². The Bertz CT molecular complexity index is 5930. The van der Waals surface area contributed by atoms with Crippen LogP contribution in [0.1, 0.15) is 5.56 Å². The molecule has 12 N–H and O–H groups in total. The molecule has 0 aliphatic heterocycles. The van der Waals surface area contributed by atoms with Gasteiger partial charge in [-0.15, -0.1) is 15.3 Å². The zero-order valence-electron chi connectivity index (χ0n) is 46.6. The van der Waals surface area contributed by atoms with Gasteiger partial charge >= 0.3 is 0 Å². The largest absolute Gasteiger partial charge is 0.505 e. The highest BCUT2D eigenvalue weighted by Gasteiger charge is 2.30. The Labute approximate surface area is 543 Å². The number of benzene rings is 9. The number of nitrogens with one attached hydrogen (secondary N) is 4. The first kappa shape index (κ1) is 66.5. The van der Waals surface area contributed by atoms with Crippen LogP contribution in [0.5, 0.6) is 11.5 Å². The lowest BCUT2D eigenvalue weighted by molar-refractivity contribution is 0.471. The lowest BCUT2D eigenvalue weighted by atomic mass is 10.1. The fraction of sp³-hybridized carbons (Fsp3) is 0.0189. The number of hydrogen-bond donors (Lipinski definition) is 12. The van der Waals surface area contributed by atoms with Gasteiger partial charge in [-0.3, -0.25) is 27.3 Å². The molecule has 0 fully saturated rings. The van der Waals surface area contributed by atoms with Gasteiger partial charge in [-0.05, 0) is 123 Å². The first-order valence-electron chi connectivity index (χ1n) is 25.8. The van der Waals surface area contributed by atoms with E-state index in [4.69, 9.17) is 23.2 Å². The number of phenols is 2. The van der Waals surface area contributed by atoms with Crippen LogP contribution in [-0.4, -0.2) is 118 Å². The number of rotatable bonds is 19. The third-order valence-electron chi connectivity index (χ3n) is 13.5. The maximum absolute atomic E-state index is 12.9. The standard InChI is InChI=1S/C53H36Cl2N14O20S6/c54-48-60-50(64-52(62-48)58-36-21-31(90(72,73)74)18-28-20-40(94(84,85)86)44(46(71)42(28)36)69-67-35-14-13-33-34(47(35)95(87,88)89)9-4-10-38(33)92(78,79)80)56-23-24-5-3-8-29(15-24)57-51-61-49(55)63-53(65-51)59-37-22-32(91(75,76)77)17-27-19-39(93(81,82)83)43(45(70)41(27)37)68-66-30-12-11-25-6-1-2-7-26(25)16-30/h1-22,70-71H,23H2,(H,72,73,74)(H,75,76,77)(H,78,79,80)(H,81,82,83)(H,84,85,86)(H,87,88,89)(H2,56,58,60,62,64)(H2,57,59,61,63,65). The summed E-state index contributed by atoms with van der Waals surface area (Å²) in [5, 5.41) is 48.0. The van der Waals surface area contributed by atoms with Crippen molar-refractivity contribution in [2.45, 2.75) is 35.9 Å². The molecule has 0 bridgehead atoms. The molecule has 0 amide bonds. The number of aromatic nitrogens is 6. The van der Waals surface area contributed by atoms with Crippen LogP contribution in [0.25, 0.3) is 43.1 Å². The molecule has 95 heavy (non-hydrogen) atoms. The molecule has 0 saturated heterocycles. The predicted molar refractivity (Wildman–Crippen MR) is 340 cm³/mol. The Morgan fingerprint density at radius 3 is 1.44 bits per heavy atom. The average molecular weight is 1450 g/mol. The fourth-order valence-corrected chi connectivity index (χ4v) is 13.8. The van der Waals surface area contributed by atoms with Gasteiger partial charge in [0.15, 0.2) is 11.5 Å². The van der Waals surface area contributed by atoms with Crippen LogP contribution >= 0.6 is 23.2 Å². The third kappa shape index (κ3) is 14.4. The molecule has 0 atom stereocenters. The van der Waals surface area contributed by atoms with Crippen LogP contribution in [0.4, 0.5) is 63.6 Å². The molecule has 2 aromatic heterocycles. The van der Waals surface area contributed by atoms with E-state index in [-0.39, 0.29) is 46.3 Å². The lowest BCUT2D eigenvalue weighted by Crippen LogP contribution is -2.09. The quantitative estimate of drug-likeness (QED) is 0.0264. The molecule has 0 unspecified atom stereocenters. The SMILES string of the molecule is O=S(=O)(O)c1cc(Nc2nc(Cl)nc(NCc3cccc(Nc4nc(Cl)nc(Nc5cc(S(=O)(=O)O)cc6cc(S(=O)(=O)O)c(N=Nc7ccc8ccccc8c7)c(O)c56)n4)c3)n2)c2c(O)c(N=Nc3ccc4c(S(=O)(=O)O)cccc4c3S(=O)(=O)O)c(S(=O)(=O)O)cc2c1. The number of nitrogens with zero attached hydrogens (tertiary/aromatic N) is 10. The number of anilines is 7. The Morgan fingerprint density at radius 2 is 0.905 bits per heavy atom. The number of phenolic OH excluding ortho intramolecular Hbond substituents is 2. The Morgan fingerprint density at radius 1 is 0.400 bits per heavy atom. The first-order chi connectivity index (χ1) is 44.5. The minimum absolute atomic E-state index is 0.128. The van der Waals surface area contributed by atoms with E-state index in [1.165, 1.54) is 0 Å². The second-order valence-corrected chi connectivity index (χ2v) is 28.8. The van der Waals surface area contributed by atoms with Crippen molar-refractivity contribution in [2.24, 2.45) is 20.5 Å². The molecule has 488 valence electrons. The van der Waals surface area contributed by atoms with Crippen molar-refractivity contribution in [3.05, 3.63) is 150 Å². The molecule has 11 aromatic rings. The van der Waals surface area contributed by atoms with E-state index < -0.39 is 168 Å². The van der Waals surface area contributed by atoms with Crippen molar-refractivity contribution in [3.8, 4) is 11.5 Å². The Balaban J connectivity index is 0.881. The number of hydrogen-bond acceptors (Lipinski definition) is 28. The summed E-state index contributed by atoms with van der Waals surface area (Å²) >= 11 is 12.6. The van der Waals surface area contributed by atoms with Crippen LogP contribution in [-0.2, 0) is 67.3 Å². The fourth-order valence-electron chi connectivity index (χ4n) is 9.57. The second kappa shape index (κ2) is 24.8. The zero-order valence-corrected chi connectivity index (χ0v) is 53.0. The number of azo groups is 2. The Kier molecular flexibility index (Phi) is 17.3. The van der Waals surface area contributed by atoms with Gasteiger partial charge in [0.05, 0.1) is 26.9 Å². The van der Waals surface area contributed by atoms with Crippen molar-refractivity contribution < 1.29 is 88.0 Å². The molecule has 0 radical (unpaired) electrons. The summed E-state index contributed by atoms with van der Waals surface area (Å²) in [4.78, 5) is 18.7. The molecule has 0 aliphatic carbocycles. The van der Waals surface area contributed by atoms with E-state index in [2.05, 4.69) is 71.6 Å². The lowest BCUT2D eigenvalue weighted by Gasteiger charge is -2.15. The van der Waals surface area contributed by atoms with Crippen LogP contribution in [0.2, 0.25) is 10.6 Å². The highest BCUT2D eigenvalue weighted by atomic mass is 35.5. The summed E-state index contributed by atoms with van der Waals surface area (Å²) in [6.07, 6.45) is 0. The number of aromatic hydroxyl groups is 2. The summed E-state index contributed by atoms with van der Waals surface area (Å²) in [7, 11) is -31.4. The molecule has 0 aliphatic rings. The van der Waals surface area contributed by atoms with Crippen molar-refractivity contribution in [3.63, 3.8) is 0 Å². The summed E-state index contributed by atoms with van der Waals surface area (Å²) in [5.74, 6) is -3.66. The summed E-state index contributed by atoms with van der Waals surface area (Å²) in [6, 6.07) is 27.4. The maximum atomic E-state index is 12.9. The normalized spacial score (nSPS) is 12.8. The highest BCUT2D eigenvalue weighted by Crippen LogP contribution is 2.48. The first-order valence-corrected chi connectivity index (χ1v) is 35.2. The van der Waals surface area contributed by atoms with Crippen molar-refractivity contribution in [2.75, 3.05) is 21.3 Å². The molecule has 0 saturated carbocycles. The summed E-state index contributed by atoms with van der Waals surface area (Å²) < 4.78 is 212. The van der Waals surface area contributed by atoms with Gasteiger partial charge in [-0.1, -0.05) is 60.7 Å². The molecule has 0 spiro atoms. The Hall–Kier alpha value is -9.92. The van der Waals surface area contributed by atoms with Gasteiger partial charge in [0, 0.05) is 33.8 Å². The molecular weight excluding hydrogens is 1420 g/mol. The van der Waals surface area contributed by atoms with E-state index >= 15 is 0 Å². The molecule has 42 heteroatoms. The minimum Gasteiger partial charge on any atom is -0.505 e. The van der Waals surface area contributed by atoms with Gasteiger partial charge in [0.1, 0.15) is 36.6 Å².